The number of nitrogens with one attached hydrogen (secondary N) is 1. The van der Waals surface area contributed by atoms with Crippen molar-refractivity contribution < 1.29 is 13.9 Å². The summed E-state index contributed by atoms with van der Waals surface area (Å²) in [5, 5.41) is 2.95. The molecule has 0 aromatic heterocycles. The molecule has 1 aliphatic heterocycles. The van der Waals surface area contributed by atoms with Gasteiger partial charge >= 0.3 is 5.97 Å². The number of methoxy groups -OCH3 is 1. The lowest BCUT2D eigenvalue weighted by molar-refractivity contribution is -0.148. The van der Waals surface area contributed by atoms with Gasteiger partial charge in [-0.05, 0) is 17.3 Å². The van der Waals surface area contributed by atoms with Gasteiger partial charge < -0.3 is 4.74 Å². The molecule has 0 aromatic rings. The van der Waals surface area contributed by atoms with Crippen LogP contribution in [0.3, 0.4) is 0 Å². The molecule has 2 atom stereocenters. The third-order valence-electron chi connectivity index (χ3n) is 2.55. The third kappa shape index (κ3) is 3.71. The fraction of sp³-hybridized carbons (Fsp3) is 0.889. The molecular weight excluding hydrogens is 335 g/mol. The molecule has 6 heteroatoms. The molecule has 0 amide bonds. The Morgan fingerprint density at radius 3 is 2.80 bits per heavy atom. The first-order chi connectivity index (χ1) is 6.64. The number of ether oxygens (including phenoxy) is 1. The van der Waals surface area contributed by atoms with Crippen LogP contribution in [-0.4, -0.2) is 35.8 Å². The van der Waals surface area contributed by atoms with Gasteiger partial charge in [-0.1, -0.05) is 22.6 Å². The number of hydrogen-bond acceptors (Lipinski definition) is 3. The maximum atomic E-state index is 13.1. The van der Waals surface area contributed by atoms with E-state index in [-0.39, 0.29) is 31.3 Å². The summed E-state index contributed by atoms with van der Waals surface area (Å²) in [6, 6.07) is 0. The normalized spacial score (nSPS) is 29.7. The van der Waals surface area contributed by atoms with Gasteiger partial charge in [-0.3, -0.25) is 10.1 Å². The Morgan fingerprint density at radius 2 is 2.40 bits per heavy atom. The molecule has 0 unspecified atom stereocenters. The minimum Gasteiger partial charge on any atom is -0.468 e. The maximum Gasteiger partial charge on any atom is 0.326 e. The standard InChI is InChI=1S/C9H15FINO2.ClH/c1-14-8(13)9(3-2-4-11)5-7(10)6-12-9;/h7,12H,2-6H2,1H3;1H/t7-,9-;/m1./s1. The van der Waals surface area contributed by atoms with Crippen LogP contribution in [0, 0.1) is 0 Å². The Balaban J connectivity index is 0.00000196. The molecule has 0 radical (unpaired) electrons. The van der Waals surface area contributed by atoms with Gasteiger partial charge in [-0.25, -0.2) is 4.39 Å². The highest BCUT2D eigenvalue weighted by molar-refractivity contribution is 14.1. The van der Waals surface area contributed by atoms with Crippen molar-refractivity contribution in [3.8, 4) is 0 Å². The van der Waals surface area contributed by atoms with Crippen molar-refractivity contribution in [1.29, 1.82) is 0 Å². The van der Waals surface area contributed by atoms with E-state index in [2.05, 4.69) is 27.9 Å². The molecule has 0 aromatic carbocycles. The lowest BCUT2D eigenvalue weighted by Crippen LogP contribution is -2.48. The molecule has 1 fully saturated rings. The zero-order valence-corrected chi connectivity index (χ0v) is 11.6. The number of hydrogen-bond donors (Lipinski definition) is 1. The van der Waals surface area contributed by atoms with E-state index in [0.29, 0.717) is 6.42 Å². The highest BCUT2D eigenvalue weighted by atomic mass is 127. The zero-order valence-electron chi connectivity index (χ0n) is 8.59. The molecule has 1 rings (SSSR count). The van der Waals surface area contributed by atoms with Crippen LogP contribution in [0.4, 0.5) is 4.39 Å². The molecule has 3 nitrogen and oxygen atoms in total. The van der Waals surface area contributed by atoms with E-state index in [9.17, 15) is 9.18 Å². The quantitative estimate of drug-likeness (QED) is 0.477. The van der Waals surface area contributed by atoms with Crippen molar-refractivity contribution in [1.82, 2.24) is 5.32 Å². The van der Waals surface area contributed by atoms with Crippen LogP contribution in [0.1, 0.15) is 19.3 Å². The largest absolute Gasteiger partial charge is 0.468 e. The van der Waals surface area contributed by atoms with Crippen LogP contribution in [0.5, 0.6) is 0 Å². The Morgan fingerprint density at radius 1 is 1.73 bits per heavy atom. The van der Waals surface area contributed by atoms with Crippen LogP contribution >= 0.6 is 35.0 Å². The van der Waals surface area contributed by atoms with Crippen molar-refractivity contribution in [3.05, 3.63) is 0 Å². The second-order valence-corrected chi connectivity index (χ2v) is 4.63. The van der Waals surface area contributed by atoms with E-state index in [1.807, 2.05) is 0 Å². The Bertz CT molecular complexity index is 220. The van der Waals surface area contributed by atoms with Gasteiger partial charge in [0.2, 0.25) is 0 Å². The minimum absolute atomic E-state index is 0. The summed E-state index contributed by atoms with van der Waals surface area (Å²) < 4.78 is 18.8. The predicted octanol–water partition coefficient (Wildman–Crippen LogP) is 1.87. The Kier molecular flexibility index (Phi) is 7.03. The van der Waals surface area contributed by atoms with Crippen molar-refractivity contribution in [2.45, 2.75) is 31.0 Å². The van der Waals surface area contributed by atoms with E-state index in [1.165, 1.54) is 7.11 Å². The number of rotatable bonds is 4. The number of alkyl halides is 2. The number of carbonyl (C=O) groups is 1. The van der Waals surface area contributed by atoms with E-state index in [0.717, 1.165) is 10.8 Å². The lowest BCUT2D eigenvalue weighted by atomic mass is 9.92. The molecule has 1 N–H and O–H groups in total. The highest BCUT2D eigenvalue weighted by Crippen LogP contribution is 2.28. The molecule has 15 heavy (non-hydrogen) atoms. The van der Waals surface area contributed by atoms with Gasteiger partial charge in [-0.2, -0.15) is 0 Å². The fourth-order valence-electron chi connectivity index (χ4n) is 1.84. The van der Waals surface area contributed by atoms with Gasteiger partial charge in [0.25, 0.3) is 0 Å². The van der Waals surface area contributed by atoms with Gasteiger partial charge in [0, 0.05) is 13.0 Å². The first-order valence-corrected chi connectivity index (χ1v) is 6.20. The summed E-state index contributed by atoms with van der Waals surface area (Å²) >= 11 is 2.25. The zero-order chi connectivity index (χ0) is 10.6. The third-order valence-corrected chi connectivity index (χ3v) is 3.31. The Labute approximate surface area is 109 Å². The molecular formula is C9H16ClFINO2. The number of esters is 1. The van der Waals surface area contributed by atoms with Crippen LogP contribution in [-0.2, 0) is 9.53 Å². The van der Waals surface area contributed by atoms with Gasteiger partial charge in [0.1, 0.15) is 11.7 Å². The summed E-state index contributed by atoms with van der Waals surface area (Å²) in [6.45, 7) is 0.260. The summed E-state index contributed by atoms with van der Waals surface area (Å²) in [6.07, 6.45) is 0.873. The maximum absolute atomic E-state index is 13.1. The lowest BCUT2D eigenvalue weighted by Gasteiger charge is -2.25. The first-order valence-electron chi connectivity index (χ1n) is 4.68. The summed E-state index contributed by atoms with van der Waals surface area (Å²) in [4.78, 5) is 11.5. The van der Waals surface area contributed by atoms with Crippen molar-refractivity contribution >= 4 is 41.0 Å². The van der Waals surface area contributed by atoms with Crippen molar-refractivity contribution in [2.75, 3.05) is 18.1 Å². The van der Waals surface area contributed by atoms with E-state index < -0.39 is 11.7 Å². The smallest absolute Gasteiger partial charge is 0.326 e. The van der Waals surface area contributed by atoms with Crippen molar-refractivity contribution in [2.24, 2.45) is 0 Å². The minimum atomic E-state index is -0.927. The molecule has 0 aliphatic carbocycles. The summed E-state index contributed by atoms with van der Waals surface area (Å²) in [5.41, 5.74) is -0.765. The monoisotopic (exact) mass is 351 g/mol. The fourth-order valence-corrected chi connectivity index (χ4v) is 2.22. The topological polar surface area (TPSA) is 38.3 Å². The van der Waals surface area contributed by atoms with Crippen LogP contribution in [0.2, 0.25) is 0 Å². The van der Waals surface area contributed by atoms with Gasteiger partial charge in [-0.15, -0.1) is 12.4 Å². The second kappa shape index (κ2) is 6.85. The molecule has 1 heterocycles. The second-order valence-electron chi connectivity index (χ2n) is 3.55. The molecule has 0 saturated carbocycles. The summed E-state index contributed by atoms with van der Waals surface area (Å²) in [7, 11) is 1.35. The SMILES string of the molecule is COC(=O)[C@@]1(CCCI)C[C@@H](F)CN1.Cl. The predicted molar refractivity (Wildman–Crippen MR) is 67.6 cm³/mol. The van der Waals surface area contributed by atoms with Crippen LogP contribution < -0.4 is 5.32 Å². The molecule has 1 saturated heterocycles. The molecule has 90 valence electrons. The van der Waals surface area contributed by atoms with Gasteiger partial charge in [0.15, 0.2) is 0 Å². The van der Waals surface area contributed by atoms with Crippen molar-refractivity contribution in [3.63, 3.8) is 0 Å². The summed E-state index contributed by atoms with van der Waals surface area (Å²) in [5.74, 6) is -0.331. The van der Waals surface area contributed by atoms with E-state index >= 15 is 0 Å². The molecule has 0 bridgehead atoms. The van der Waals surface area contributed by atoms with Gasteiger partial charge in [0.05, 0.1) is 7.11 Å². The highest BCUT2D eigenvalue weighted by Gasteiger charge is 2.45. The number of halogens is 3. The molecule has 1 aliphatic rings. The van der Waals surface area contributed by atoms with E-state index in [4.69, 9.17) is 4.74 Å². The number of carbonyl (C=O) groups excluding carboxylic acids is 1. The Hall–Kier alpha value is 0.380. The average molecular weight is 352 g/mol. The van der Waals surface area contributed by atoms with Crippen LogP contribution in [0.15, 0.2) is 0 Å². The van der Waals surface area contributed by atoms with E-state index in [1.54, 1.807) is 0 Å². The van der Waals surface area contributed by atoms with Crippen LogP contribution in [0.25, 0.3) is 0 Å². The molecule has 0 spiro atoms. The first kappa shape index (κ1) is 15.4. The average Bonchev–Trinajstić information content (AvgIpc) is 2.57.